The van der Waals surface area contributed by atoms with E-state index in [9.17, 15) is 4.79 Å². The van der Waals surface area contributed by atoms with Gasteiger partial charge in [-0.1, -0.05) is 44.4 Å². The molecule has 1 aliphatic heterocycles. The van der Waals surface area contributed by atoms with Gasteiger partial charge in [0.15, 0.2) is 6.29 Å². The lowest BCUT2D eigenvalue weighted by molar-refractivity contribution is -0.129. The smallest absolute Gasteiger partial charge is 0.227 e. The van der Waals surface area contributed by atoms with Crippen LogP contribution in [0.1, 0.15) is 45.2 Å². The van der Waals surface area contributed by atoms with Crippen LogP contribution in [0.4, 0.5) is 5.95 Å². The Morgan fingerprint density at radius 2 is 2.00 bits per heavy atom. The molecular formula is C19H27N5O. The molecule has 1 amide bonds. The fourth-order valence-corrected chi connectivity index (χ4v) is 3.40. The Balaban J connectivity index is 1.67. The number of benzene rings is 1. The van der Waals surface area contributed by atoms with Crippen LogP contribution >= 0.6 is 0 Å². The van der Waals surface area contributed by atoms with Gasteiger partial charge in [0.05, 0.1) is 17.1 Å². The molecule has 6 heteroatoms. The molecule has 0 saturated carbocycles. The van der Waals surface area contributed by atoms with Crippen molar-refractivity contribution >= 4 is 22.8 Å². The standard InChI is InChI=1S/C19H27N5O/c1-4-5-6-10-15-13(3)21-19(23-17(15)25)24-18-20-12(2)14-9-7-8-11-16(14)22-18/h7-9,11,13,15,19,21H,4-6,10H2,1-3H3,(H,23,25)(H,20,22,24). The van der Waals surface area contributed by atoms with Crippen LogP contribution in [0.15, 0.2) is 24.3 Å². The number of anilines is 1. The first kappa shape index (κ1) is 17.6. The minimum atomic E-state index is -0.356. The predicted molar refractivity (Wildman–Crippen MR) is 100 cm³/mol. The van der Waals surface area contributed by atoms with Gasteiger partial charge in [0.25, 0.3) is 0 Å². The number of carbonyl (C=O) groups excluding carboxylic acids is 1. The van der Waals surface area contributed by atoms with Gasteiger partial charge in [-0.05, 0) is 26.3 Å². The highest BCUT2D eigenvalue weighted by atomic mass is 16.2. The van der Waals surface area contributed by atoms with Crippen molar-refractivity contribution in [1.82, 2.24) is 20.6 Å². The SMILES string of the molecule is CCCCCC1C(=O)NC(Nc2nc(C)c3ccccc3n2)NC1C. The molecule has 134 valence electrons. The quantitative estimate of drug-likeness (QED) is 0.704. The van der Waals surface area contributed by atoms with Crippen molar-refractivity contribution in [1.29, 1.82) is 0 Å². The third-order valence-electron chi connectivity index (χ3n) is 4.84. The molecule has 2 aromatic rings. The maximum Gasteiger partial charge on any atom is 0.227 e. The largest absolute Gasteiger partial charge is 0.323 e. The van der Waals surface area contributed by atoms with Gasteiger partial charge in [-0.2, -0.15) is 0 Å². The minimum absolute atomic E-state index is 0.0175. The first-order valence-electron chi connectivity index (χ1n) is 9.15. The first-order chi connectivity index (χ1) is 12.1. The van der Waals surface area contributed by atoms with Crippen molar-refractivity contribution in [2.75, 3.05) is 5.32 Å². The minimum Gasteiger partial charge on any atom is -0.323 e. The molecule has 3 unspecified atom stereocenters. The van der Waals surface area contributed by atoms with Gasteiger partial charge in [-0.3, -0.25) is 10.1 Å². The van der Waals surface area contributed by atoms with Crippen LogP contribution < -0.4 is 16.0 Å². The zero-order chi connectivity index (χ0) is 17.8. The Labute approximate surface area is 148 Å². The topological polar surface area (TPSA) is 78.9 Å². The number of hydrogen-bond acceptors (Lipinski definition) is 5. The molecular weight excluding hydrogens is 314 g/mol. The Bertz CT molecular complexity index is 748. The van der Waals surface area contributed by atoms with Crippen molar-refractivity contribution < 1.29 is 4.79 Å². The number of aromatic nitrogens is 2. The molecule has 1 fully saturated rings. The van der Waals surface area contributed by atoms with Crippen LogP contribution in [-0.2, 0) is 4.79 Å². The highest BCUT2D eigenvalue weighted by Crippen LogP contribution is 2.20. The van der Waals surface area contributed by atoms with Crippen molar-refractivity contribution in [3.8, 4) is 0 Å². The highest BCUT2D eigenvalue weighted by Gasteiger charge is 2.33. The number of carbonyl (C=O) groups is 1. The molecule has 0 spiro atoms. The van der Waals surface area contributed by atoms with Gasteiger partial charge in [-0.25, -0.2) is 9.97 Å². The molecule has 2 heterocycles. The van der Waals surface area contributed by atoms with Crippen molar-refractivity contribution in [3.05, 3.63) is 30.0 Å². The normalized spacial score (nSPS) is 23.5. The summed E-state index contributed by atoms with van der Waals surface area (Å²) < 4.78 is 0. The molecule has 6 nitrogen and oxygen atoms in total. The second-order valence-corrected chi connectivity index (χ2v) is 6.79. The molecule has 1 aromatic heterocycles. The van der Waals surface area contributed by atoms with Gasteiger partial charge in [0.2, 0.25) is 11.9 Å². The van der Waals surface area contributed by atoms with E-state index in [1.165, 1.54) is 12.8 Å². The van der Waals surface area contributed by atoms with E-state index in [0.717, 1.165) is 29.4 Å². The Morgan fingerprint density at radius 1 is 1.20 bits per heavy atom. The summed E-state index contributed by atoms with van der Waals surface area (Å²) in [5, 5.41) is 10.7. The van der Waals surface area contributed by atoms with E-state index in [-0.39, 0.29) is 24.2 Å². The summed E-state index contributed by atoms with van der Waals surface area (Å²) in [6, 6.07) is 8.04. The molecule has 1 aromatic carbocycles. The molecule has 1 aliphatic rings. The van der Waals surface area contributed by atoms with Crippen LogP contribution in [0.25, 0.3) is 10.9 Å². The van der Waals surface area contributed by atoms with Gasteiger partial charge < -0.3 is 10.6 Å². The molecule has 3 N–H and O–H groups in total. The maximum absolute atomic E-state index is 12.4. The van der Waals surface area contributed by atoms with Gasteiger partial charge in [0, 0.05) is 11.4 Å². The lowest BCUT2D eigenvalue weighted by atomic mass is 9.92. The maximum atomic E-state index is 12.4. The van der Waals surface area contributed by atoms with Crippen molar-refractivity contribution in [2.45, 2.75) is 58.8 Å². The summed E-state index contributed by atoms with van der Waals surface area (Å²) in [5.41, 5.74) is 1.81. The number of amides is 1. The van der Waals surface area contributed by atoms with Crippen molar-refractivity contribution in [2.24, 2.45) is 5.92 Å². The van der Waals surface area contributed by atoms with Gasteiger partial charge in [-0.15, -0.1) is 0 Å². The molecule has 25 heavy (non-hydrogen) atoms. The van der Waals surface area contributed by atoms with Crippen LogP contribution in [-0.4, -0.2) is 28.2 Å². The fourth-order valence-electron chi connectivity index (χ4n) is 3.40. The average molecular weight is 341 g/mol. The number of nitrogens with one attached hydrogen (secondary N) is 3. The number of unbranched alkanes of at least 4 members (excludes halogenated alkanes) is 2. The molecule has 0 radical (unpaired) electrons. The lowest BCUT2D eigenvalue weighted by Crippen LogP contribution is -2.63. The summed E-state index contributed by atoms with van der Waals surface area (Å²) in [5.74, 6) is 0.631. The molecule has 1 saturated heterocycles. The average Bonchev–Trinajstić information content (AvgIpc) is 2.57. The number of rotatable bonds is 6. The van der Waals surface area contributed by atoms with E-state index in [1.807, 2.05) is 31.2 Å². The second-order valence-electron chi connectivity index (χ2n) is 6.79. The summed E-state index contributed by atoms with van der Waals surface area (Å²) in [6.45, 7) is 6.21. The van der Waals surface area contributed by atoms with Crippen LogP contribution in [0.3, 0.4) is 0 Å². The van der Waals surface area contributed by atoms with E-state index in [4.69, 9.17) is 0 Å². The molecule has 0 bridgehead atoms. The number of fused-ring (bicyclic) bond motifs is 1. The Morgan fingerprint density at radius 3 is 2.76 bits per heavy atom. The monoisotopic (exact) mass is 341 g/mol. The Hall–Kier alpha value is -2.21. The molecule has 0 aliphatic carbocycles. The highest BCUT2D eigenvalue weighted by molar-refractivity contribution is 5.82. The van der Waals surface area contributed by atoms with Gasteiger partial charge >= 0.3 is 0 Å². The zero-order valence-electron chi connectivity index (χ0n) is 15.2. The summed E-state index contributed by atoms with van der Waals surface area (Å²) in [4.78, 5) is 21.5. The van der Waals surface area contributed by atoms with Gasteiger partial charge in [0.1, 0.15) is 0 Å². The van der Waals surface area contributed by atoms with E-state index < -0.39 is 0 Å². The molecule has 3 rings (SSSR count). The lowest BCUT2D eigenvalue weighted by Gasteiger charge is -2.36. The number of aryl methyl sites for hydroxylation is 1. The van der Waals surface area contributed by atoms with E-state index in [1.54, 1.807) is 0 Å². The predicted octanol–water partition coefficient (Wildman–Crippen LogP) is 2.94. The number of para-hydroxylation sites is 1. The fraction of sp³-hybridized carbons (Fsp3) is 0.526. The third-order valence-corrected chi connectivity index (χ3v) is 4.84. The number of hydrogen-bond donors (Lipinski definition) is 3. The van der Waals surface area contributed by atoms with E-state index in [0.29, 0.717) is 5.95 Å². The van der Waals surface area contributed by atoms with Crippen LogP contribution in [0, 0.1) is 12.8 Å². The van der Waals surface area contributed by atoms with E-state index >= 15 is 0 Å². The summed E-state index contributed by atoms with van der Waals surface area (Å²) >= 11 is 0. The third kappa shape index (κ3) is 4.07. The van der Waals surface area contributed by atoms with Crippen LogP contribution in [0.2, 0.25) is 0 Å². The summed E-state index contributed by atoms with van der Waals surface area (Å²) in [6.07, 6.45) is 3.99. The first-order valence-corrected chi connectivity index (χ1v) is 9.15. The van der Waals surface area contributed by atoms with E-state index in [2.05, 4.69) is 39.8 Å². The Kier molecular flexibility index (Phi) is 5.48. The van der Waals surface area contributed by atoms with Crippen LogP contribution in [0.5, 0.6) is 0 Å². The zero-order valence-corrected chi connectivity index (χ0v) is 15.2. The van der Waals surface area contributed by atoms with Crippen molar-refractivity contribution in [3.63, 3.8) is 0 Å². The number of nitrogens with zero attached hydrogens (tertiary/aromatic N) is 2. The molecule has 3 atom stereocenters. The summed E-state index contributed by atoms with van der Waals surface area (Å²) in [7, 11) is 0. The second kappa shape index (κ2) is 7.78.